The standard InChI is InChI=1S/C23H28Cl2N2O3/c1-4-16(2)26-23(29)17(3)27(13-12-18-8-6-5-7-9-18)22(28)15-30-21-11-10-19(24)14-20(21)25/h5-11,14,16-17H,4,12-13,15H2,1-3H3,(H,26,29)/t16-,17-/m0/s1. The van der Waals surface area contributed by atoms with Gasteiger partial charge in [0, 0.05) is 17.6 Å². The summed E-state index contributed by atoms with van der Waals surface area (Å²) >= 11 is 12.0. The second-order valence-electron chi connectivity index (χ2n) is 7.18. The molecule has 162 valence electrons. The second-order valence-corrected chi connectivity index (χ2v) is 8.02. The zero-order valence-electron chi connectivity index (χ0n) is 17.5. The van der Waals surface area contributed by atoms with Gasteiger partial charge in [0.2, 0.25) is 5.91 Å². The summed E-state index contributed by atoms with van der Waals surface area (Å²) in [5.41, 5.74) is 1.09. The fourth-order valence-electron chi connectivity index (χ4n) is 2.85. The maximum Gasteiger partial charge on any atom is 0.261 e. The molecule has 30 heavy (non-hydrogen) atoms. The molecule has 0 unspecified atom stereocenters. The van der Waals surface area contributed by atoms with Gasteiger partial charge >= 0.3 is 0 Å². The summed E-state index contributed by atoms with van der Waals surface area (Å²) in [5, 5.41) is 3.75. The number of nitrogens with one attached hydrogen (secondary N) is 1. The van der Waals surface area contributed by atoms with Crippen LogP contribution in [0.3, 0.4) is 0 Å². The average molecular weight is 451 g/mol. The van der Waals surface area contributed by atoms with Gasteiger partial charge in [-0.1, -0.05) is 60.5 Å². The van der Waals surface area contributed by atoms with Crippen molar-refractivity contribution in [1.29, 1.82) is 0 Å². The third-order valence-electron chi connectivity index (χ3n) is 4.90. The number of rotatable bonds is 10. The zero-order chi connectivity index (χ0) is 22.1. The van der Waals surface area contributed by atoms with Crippen LogP contribution in [0.5, 0.6) is 5.75 Å². The van der Waals surface area contributed by atoms with Crippen molar-refractivity contribution in [2.75, 3.05) is 13.2 Å². The molecule has 1 N–H and O–H groups in total. The molecule has 0 saturated carbocycles. The second kappa shape index (κ2) is 11.8. The van der Waals surface area contributed by atoms with Crippen molar-refractivity contribution >= 4 is 35.0 Å². The summed E-state index contributed by atoms with van der Waals surface area (Å²) in [7, 11) is 0. The predicted molar refractivity (Wildman–Crippen MR) is 121 cm³/mol. The fourth-order valence-corrected chi connectivity index (χ4v) is 3.31. The molecular formula is C23H28Cl2N2O3. The Hall–Kier alpha value is -2.24. The molecule has 0 aliphatic carbocycles. The van der Waals surface area contributed by atoms with E-state index in [-0.39, 0.29) is 24.5 Å². The molecule has 0 heterocycles. The minimum Gasteiger partial charge on any atom is -0.482 e. The first-order valence-corrected chi connectivity index (χ1v) is 10.8. The van der Waals surface area contributed by atoms with E-state index in [4.69, 9.17) is 27.9 Å². The smallest absolute Gasteiger partial charge is 0.261 e. The molecule has 2 atom stereocenters. The van der Waals surface area contributed by atoms with Gasteiger partial charge in [-0.15, -0.1) is 0 Å². The van der Waals surface area contributed by atoms with Crippen LogP contribution in [-0.4, -0.2) is 41.9 Å². The molecule has 5 nitrogen and oxygen atoms in total. The summed E-state index contributed by atoms with van der Waals surface area (Å²) in [6.07, 6.45) is 1.45. The SMILES string of the molecule is CC[C@H](C)NC(=O)[C@H](C)N(CCc1ccccc1)C(=O)COc1ccc(Cl)cc1Cl. The number of nitrogens with zero attached hydrogens (tertiary/aromatic N) is 1. The van der Waals surface area contributed by atoms with Crippen molar-refractivity contribution in [1.82, 2.24) is 10.2 Å². The van der Waals surface area contributed by atoms with Gasteiger partial charge in [0.1, 0.15) is 11.8 Å². The van der Waals surface area contributed by atoms with E-state index in [1.807, 2.05) is 44.2 Å². The number of hydrogen-bond donors (Lipinski definition) is 1. The Morgan fingerprint density at radius 2 is 1.80 bits per heavy atom. The Morgan fingerprint density at radius 3 is 2.43 bits per heavy atom. The molecular weight excluding hydrogens is 423 g/mol. The van der Waals surface area contributed by atoms with Crippen LogP contribution in [-0.2, 0) is 16.0 Å². The molecule has 0 bridgehead atoms. The molecule has 2 amide bonds. The summed E-state index contributed by atoms with van der Waals surface area (Å²) in [5.74, 6) is -0.104. The first kappa shape index (κ1) is 24.0. The summed E-state index contributed by atoms with van der Waals surface area (Å²) in [4.78, 5) is 27.2. The van der Waals surface area contributed by atoms with E-state index >= 15 is 0 Å². The van der Waals surface area contributed by atoms with Gasteiger partial charge < -0.3 is 15.0 Å². The van der Waals surface area contributed by atoms with Gasteiger partial charge in [-0.3, -0.25) is 9.59 Å². The van der Waals surface area contributed by atoms with E-state index < -0.39 is 6.04 Å². The van der Waals surface area contributed by atoms with E-state index in [1.54, 1.807) is 30.0 Å². The van der Waals surface area contributed by atoms with Crippen molar-refractivity contribution in [3.8, 4) is 5.75 Å². The van der Waals surface area contributed by atoms with Crippen LogP contribution >= 0.6 is 23.2 Å². The minimum atomic E-state index is -0.625. The summed E-state index contributed by atoms with van der Waals surface area (Å²) in [6.45, 7) is 5.84. The highest BCUT2D eigenvalue weighted by Gasteiger charge is 2.26. The fraction of sp³-hybridized carbons (Fsp3) is 0.391. The van der Waals surface area contributed by atoms with Crippen molar-refractivity contribution in [2.45, 2.75) is 45.7 Å². The van der Waals surface area contributed by atoms with E-state index in [0.717, 1.165) is 12.0 Å². The van der Waals surface area contributed by atoms with Crippen LogP contribution in [0.1, 0.15) is 32.8 Å². The number of ether oxygens (including phenoxy) is 1. The Balaban J connectivity index is 2.09. The zero-order valence-corrected chi connectivity index (χ0v) is 19.0. The molecule has 7 heteroatoms. The number of amides is 2. The van der Waals surface area contributed by atoms with Crippen molar-refractivity contribution < 1.29 is 14.3 Å². The van der Waals surface area contributed by atoms with Gasteiger partial charge in [0.05, 0.1) is 5.02 Å². The molecule has 0 aliphatic rings. The van der Waals surface area contributed by atoms with Crippen LogP contribution in [0.4, 0.5) is 0 Å². The highest BCUT2D eigenvalue weighted by molar-refractivity contribution is 6.35. The minimum absolute atomic E-state index is 0.0372. The third-order valence-corrected chi connectivity index (χ3v) is 5.43. The topological polar surface area (TPSA) is 58.6 Å². The Morgan fingerprint density at radius 1 is 1.10 bits per heavy atom. The highest BCUT2D eigenvalue weighted by Crippen LogP contribution is 2.27. The maximum atomic E-state index is 13.0. The third kappa shape index (κ3) is 7.22. The van der Waals surface area contributed by atoms with E-state index in [2.05, 4.69) is 5.32 Å². The average Bonchev–Trinajstić information content (AvgIpc) is 2.73. The number of carbonyl (C=O) groups excluding carboxylic acids is 2. The number of benzene rings is 2. The van der Waals surface area contributed by atoms with Crippen LogP contribution < -0.4 is 10.1 Å². The van der Waals surface area contributed by atoms with Crippen molar-refractivity contribution in [3.63, 3.8) is 0 Å². The van der Waals surface area contributed by atoms with Crippen molar-refractivity contribution in [2.24, 2.45) is 0 Å². The molecule has 2 aromatic carbocycles. The van der Waals surface area contributed by atoms with Crippen LogP contribution in [0.2, 0.25) is 10.0 Å². The van der Waals surface area contributed by atoms with Gasteiger partial charge in [-0.2, -0.15) is 0 Å². The van der Waals surface area contributed by atoms with E-state index in [1.165, 1.54) is 0 Å². The molecule has 0 aliphatic heterocycles. The Kier molecular flexibility index (Phi) is 9.47. The van der Waals surface area contributed by atoms with E-state index in [0.29, 0.717) is 28.8 Å². The molecule has 2 aromatic rings. The molecule has 0 fully saturated rings. The first-order chi connectivity index (χ1) is 14.3. The lowest BCUT2D eigenvalue weighted by atomic mass is 10.1. The molecule has 0 aromatic heterocycles. The molecule has 0 radical (unpaired) electrons. The number of carbonyl (C=O) groups is 2. The summed E-state index contributed by atoms with van der Waals surface area (Å²) < 4.78 is 5.61. The molecule has 2 rings (SSSR count). The molecule has 0 spiro atoms. The number of halogens is 2. The number of hydrogen-bond acceptors (Lipinski definition) is 3. The lowest BCUT2D eigenvalue weighted by Gasteiger charge is -2.29. The maximum absolute atomic E-state index is 13.0. The molecule has 0 saturated heterocycles. The lowest BCUT2D eigenvalue weighted by Crippen LogP contribution is -2.51. The monoisotopic (exact) mass is 450 g/mol. The highest BCUT2D eigenvalue weighted by atomic mass is 35.5. The predicted octanol–water partition coefficient (Wildman–Crippen LogP) is 4.75. The summed E-state index contributed by atoms with van der Waals surface area (Å²) in [6, 6.07) is 14.1. The van der Waals surface area contributed by atoms with Gasteiger partial charge in [-0.25, -0.2) is 0 Å². The first-order valence-electron chi connectivity index (χ1n) is 10.0. The Bertz CT molecular complexity index is 846. The largest absolute Gasteiger partial charge is 0.482 e. The van der Waals surface area contributed by atoms with Gasteiger partial charge in [-0.05, 0) is 50.5 Å². The Labute approximate surface area is 188 Å². The van der Waals surface area contributed by atoms with Crippen molar-refractivity contribution in [3.05, 3.63) is 64.1 Å². The quantitative estimate of drug-likeness (QED) is 0.568. The normalized spacial score (nSPS) is 12.7. The van der Waals surface area contributed by atoms with Crippen LogP contribution in [0.15, 0.2) is 48.5 Å². The van der Waals surface area contributed by atoms with Gasteiger partial charge in [0.25, 0.3) is 5.91 Å². The van der Waals surface area contributed by atoms with E-state index in [9.17, 15) is 9.59 Å². The van der Waals surface area contributed by atoms with Gasteiger partial charge in [0.15, 0.2) is 6.61 Å². The van der Waals surface area contributed by atoms with Crippen LogP contribution in [0.25, 0.3) is 0 Å². The lowest BCUT2D eigenvalue weighted by molar-refractivity contribution is -0.141. The van der Waals surface area contributed by atoms with Crippen LogP contribution in [0, 0.1) is 0 Å².